The Morgan fingerprint density at radius 3 is 1.26 bits per heavy atom. The molecule has 23 heavy (non-hydrogen) atoms. The van der Waals surface area contributed by atoms with Gasteiger partial charge >= 0.3 is 11.9 Å². The maximum Gasteiger partial charge on any atom is 0.333 e. The maximum atomic E-state index is 10.8. The molecule has 7 heteroatoms. The average molecular weight is 334 g/mol. The van der Waals surface area contributed by atoms with Crippen LogP contribution < -0.4 is 0 Å². The van der Waals surface area contributed by atoms with Gasteiger partial charge in [-0.2, -0.15) is 0 Å². The summed E-state index contributed by atoms with van der Waals surface area (Å²) in [5.41, 5.74) is 0.632. The first-order valence-electron chi connectivity index (χ1n) is 7.22. The predicted molar refractivity (Wildman–Crippen MR) is 87.9 cm³/mol. The van der Waals surface area contributed by atoms with Crippen molar-refractivity contribution >= 4 is 11.9 Å². The Labute approximate surface area is 138 Å². The minimum atomic E-state index is -0.489. The van der Waals surface area contributed by atoms with Crippen LogP contribution in [-0.4, -0.2) is 61.8 Å². The van der Waals surface area contributed by atoms with Crippen LogP contribution in [0.25, 0.3) is 0 Å². The minimum Gasteiger partial charge on any atom is -0.459 e. The van der Waals surface area contributed by atoms with Crippen molar-refractivity contribution in [2.75, 3.05) is 39.6 Å². The molecule has 0 atom stereocenters. The number of carbonyl (C=O) groups is 2. The van der Waals surface area contributed by atoms with E-state index in [1.165, 1.54) is 0 Å². The van der Waals surface area contributed by atoms with Gasteiger partial charge in [0.05, 0.1) is 13.2 Å². The summed E-state index contributed by atoms with van der Waals surface area (Å²) in [5, 5.41) is 15.2. The van der Waals surface area contributed by atoms with E-state index in [0.29, 0.717) is 11.1 Å². The van der Waals surface area contributed by atoms with Crippen LogP contribution in [0.1, 0.15) is 27.7 Å². The van der Waals surface area contributed by atoms with Crippen molar-refractivity contribution < 1.29 is 34.0 Å². The van der Waals surface area contributed by atoms with Crippen molar-refractivity contribution in [3.05, 3.63) is 24.3 Å². The fourth-order valence-corrected chi connectivity index (χ4v) is 0.719. The zero-order valence-corrected chi connectivity index (χ0v) is 14.6. The van der Waals surface area contributed by atoms with Gasteiger partial charge in [0.25, 0.3) is 0 Å². The van der Waals surface area contributed by atoms with Crippen molar-refractivity contribution in [2.45, 2.75) is 27.7 Å². The number of hydrogen-bond acceptors (Lipinski definition) is 7. The van der Waals surface area contributed by atoms with Gasteiger partial charge in [0.1, 0.15) is 13.2 Å². The fourth-order valence-electron chi connectivity index (χ4n) is 0.719. The lowest BCUT2D eigenvalue weighted by molar-refractivity contribution is -0.147. The summed E-state index contributed by atoms with van der Waals surface area (Å²) >= 11 is 0. The number of carbonyl (C=O) groups excluding carboxylic acids is 2. The second-order valence-corrected chi connectivity index (χ2v) is 4.06. The van der Waals surface area contributed by atoms with Crippen LogP contribution in [0.4, 0.5) is 0 Å². The Morgan fingerprint density at radius 1 is 0.826 bits per heavy atom. The van der Waals surface area contributed by atoms with Crippen LogP contribution in [0.5, 0.6) is 0 Å². The first-order chi connectivity index (χ1) is 10.8. The summed E-state index contributed by atoms with van der Waals surface area (Å²) in [4.78, 5) is 21.7. The van der Waals surface area contributed by atoms with Crippen molar-refractivity contribution in [2.24, 2.45) is 0 Å². The molecule has 0 aromatic carbocycles. The smallest absolute Gasteiger partial charge is 0.333 e. The highest BCUT2D eigenvalue weighted by molar-refractivity contribution is 5.87. The molecule has 0 aromatic rings. The van der Waals surface area contributed by atoms with E-state index < -0.39 is 11.9 Å². The molecule has 7 nitrogen and oxygen atoms in total. The second-order valence-electron chi connectivity index (χ2n) is 4.06. The minimum absolute atomic E-state index is 0.0325. The van der Waals surface area contributed by atoms with Crippen LogP contribution in [0, 0.1) is 0 Å². The highest BCUT2D eigenvalue weighted by Crippen LogP contribution is 1.94. The van der Waals surface area contributed by atoms with Crippen LogP contribution in [0.2, 0.25) is 0 Å². The summed E-state index contributed by atoms with van der Waals surface area (Å²) in [7, 11) is 0. The molecule has 0 aliphatic heterocycles. The number of esters is 2. The van der Waals surface area contributed by atoms with Gasteiger partial charge in [0.2, 0.25) is 0 Å². The van der Waals surface area contributed by atoms with Gasteiger partial charge in [-0.1, -0.05) is 13.2 Å². The molecule has 0 heterocycles. The largest absolute Gasteiger partial charge is 0.459 e. The van der Waals surface area contributed by atoms with Gasteiger partial charge < -0.3 is 24.4 Å². The third-order valence-electron chi connectivity index (χ3n) is 1.75. The second kappa shape index (κ2) is 20.3. The molecule has 0 rings (SSSR count). The highest BCUT2D eigenvalue weighted by Gasteiger charge is 2.05. The maximum absolute atomic E-state index is 10.8. The first-order valence-corrected chi connectivity index (χ1v) is 7.22. The molecule has 0 saturated heterocycles. The zero-order chi connectivity index (χ0) is 18.7. The predicted octanol–water partition coefficient (Wildman–Crippen LogP) is 1.24. The van der Waals surface area contributed by atoms with E-state index in [-0.39, 0.29) is 26.4 Å². The summed E-state index contributed by atoms with van der Waals surface area (Å²) in [6, 6.07) is 0. The summed E-state index contributed by atoms with van der Waals surface area (Å²) in [6.45, 7) is 15.4. The van der Waals surface area contributed by atoms with Crippen molar-refractivity contribution in [3.8, 4) is 0 Å². The Bertz CT molecular complexity index is 305. The Balaban J connectivity index is -0.000000365. The monoisotopic (exact) mass is 334 g/mol. The number of aliphatic hydroxyl groups excluding tert-OH is 2. The summed E-state index contributed by atoms with van der Waals surface area (Å²) in [5.74, 6) is -0.979. The third-order valence-corrected chi connectivity index (χ3v) is 1.75. The van der Waals surface area contributed by atoms with Crippen molar-refractivity contribution in [1.29, 1.82) is 0 Å². The Hall–Kier alpha value is -1.70. The number of rotatable bonds is 8. The average Bonchev–Trinajstić information content (AvgIpc) is 2.52. The van der Waals surface area contributed by atoms with Crippen molar-refractivity contribution in [3.63, 3.8) is 0 Å². The SMILES string of the molecule is C=C(C)C(=O)OCCOC(=O)C(=C)C.CCOCC.OCCO. The van der Waals surface area contributed by atoms with Gasteiger partial charge in [0.15, 0.2) is 0 Å². The molecular formula is C16H30O7. The van der Waals surface area contributed by atoms with E-state index in [4.69, 9.17) is 14.9 Å². The number of aliphatic hydroxyl groups is 2. The van der Waals surface area contributed by atoms with E-state index in [1.807, 2.05) is 13.8 Å². The standard InChI is InChI=1S/C10H14O4.C4H10O.C2H6O2/c1-7(2)9(11)13-5-6-14-10(12)8(3)4;1-3-5-4-2;3-1-2-4/h1,3,5-6H2,2,4H3;3-4H2,1-2H3;3-4H,1-2H2. The highest BCUT2D eigenvalue weighted by atomic mass is 16.6. The molecular weight excluding hydrogens is 304 g/mol. The molecule has 0 unspecified atom stereocenters. The molecule has 2 N–H and O–H groups in total. The Kier molecular flexibility index (Phi) is 23.1. The number of hydrogen-bond donors (Lipinski definition) is 2. The molecule has 0 saturated carbocycles. The van der Waals surface area contributed by atoms with Gasteiger partial charge in [0, 0.05) is 24.4 Å². The van der Waals surface area contributed by atoms with Gasteiger partial charge in [-0.3, -0.25) is 0 Å². The third kappa shape index (κ3) is 25.6. The van der Waals surface area contributed by atoms with Crippen LogP contribution in [-0.2, 0) is 23.8 Å². The molecule has 0 fully saturated rings. The van der Waals surface area contributed by atoms with E-state index in [0.717, 1.165) is 13.2 Å². The van der Waals surface area contributed by atoms with E-state index >= 15 is 0 Å². The first kappa shape index (κ1) is 26.2. The lowest BCUT2D eigenvalue weighted by atomic mass is 10.4. The van der Waals surface area contributed by atoms with Gasteiger partial charge in [-0.15, -0.1) is 0 Å². The topological polar surface area (TPSA) is 102 Å². The molecule has 0 bridgehead atoms. The van der Waals surface area contributed by atoms with Crippen LogP contribution >= 0.6 is 0 Å². The normalized spacial score (nSPS) is 8.61. The summed E-state index contributed by atoms with van der Waals surface area (Å²) in [6.07, 6.45) is 0. The van der Waals surface area contributed by atoms with Gasteiger partial charge in [-0.25, -0.2) is 9.59 Å². The van der Waals surface area contributed by atoms with Gasteiger partial charge in [-0.05, 0) is 27.7 Å². The summed E-state index contributed by atoms with van der Waals surface area (Å²) < 4.78 is 14.2. The molecule has 0 amide bonds. The molecule has 0 aliphatic carbocycles. The molecule has 0 aromatic heterocycles. The molecule has 0 aliphatic rings. The lowest BCUT2D eigenvalue weighted by Gasteiger charge is -2.05. The van der Waals surface area contributed by atoms with Crippen molar-refractivity contribution in [1.82, 2.24) is 0 Å². The van der Waals surface area contributed by atoms with E-state index in [9.17, 15) is 9.59 Å². The molecule has 0 radical (unpaired) electrons. The molecule has 0 spiro atoms. The van der Waals surface area contributed by atoms with Crippen LogP contribution in [0.15, 0.2) is 24.3 Å². The van der Waals surface area contributed by atoms with E-state index in [2.05, 4.69) is 22.6 Å². The Morgan fingerprint density at radius 2 is 1.13 bits per heavy atom. The number of ether oxygens (including phenoxy) is 3. The fraction of sp³-hybridized carbons (Fsp3) is 0.625. The molecule has 136 valence electrons. The van der Waals surface area contributed by atoms with E-state index in [1.54, 1.807) is 13.8 Å². The quantitative estimate of drug-likeness (QED) is 0.391. The van der Waals surface area contributed by atoms with Crippen LogP contribution in [0.3, 0.4) is 0 Å². The zero-order valence-electron chi connectivity index (χ0n) is 14.6. The lowest BCUT2D eigenvalue weighted by Crippen LogP contribution is -2.14.